The van der Waals surface area contributed by atoms with Gasteiger partial charge in [-0.15, -0.1) is 0 Å². The Bertz CT molecular complexity index is 1070. The highest BCUT2D eigenvalue weighted by atomic mass is 19.1. The Morgan fingerprint density at radius 3 is 2.47 bits per heavy atom. The Morgan fingerprint density at radius 2 is 1.73 bits per heavy atom. The van der Waals surface area contributed by atoms with Gasteiger partial charge in [-0.3, -0.25) is 9.59 Å². The largest absolute Gasteiger partial charge is 0.494 e. The van der Waals surface area contributed by atoms with E-state index in [4.69, 9.17) is 4.74 Å². The Hall–Kier alpha value is -3.93. The van der Waals surface area contributed by atoms with Gasteiger partial charge in [0.05, 0.1) is 18.4 Å². The molecule has 3 aromatic rings. The van der Waals surface area contributed by atoms with Gasteiger partial charge in [0.25, 0.3) is 5.91 Å². The standard InChI is InChI=1S/C24H21FN2O3/c1-30-22-13-11-17(15-20(22)25)12-14-23(28)27-21-10-6-5-9-19(21)24(29)26-16-18-7-3-2-4-8-18/h2-15H,16H2,1H3,(H,26,29)(H,27,28)/b14-12+. The molecule has 0 saturated heterocycles. The highest BCUT2D eigenvalue weighted by Crippen LogP contribution is 2.19. The average Bonchev–Trinajstić information content (AvgIpc) is 2.77. The fourth-order valence-corrected chi connectivity index (χ4v) is 2.80. The lowest BCUT2D eigenvalue weighted by molar-refractivity contribution is -0.111. The fourth-order valence-electron chi connectivity index (χ4n) is 2.80. The van der Waals surface area contributed by atoms with Crippen LogP contribution in [0.3, 0.4) is 0 Å². The molecule has 0 bridgehead atoms. The number of anilines is 1. The Morgan fingerprint density at radius 1 is 1.00 bits per heavy atom. The predicted octanol–water partition coefficient (Wildman–Crippen LogP) is 4.42. The monoisotopic (exact) mass is 404 g/mol. The van der Waals surface area contributed by atoms with Crippen LogP contribution in [-0.2, 0) is 11.3 Å². The number of carbonyl (C=O) groups is 2. The third-order valence-corrected chi connectivity index (χ3v) is 4.33. The van der Waals surface area contributed by atoms with Crippen molar-refractivity contribution in [2.75, 3.05) is 12.4 Å². The third kappa shape index (κ3) is 5.54. The summed E-state index contributed by atoms with van der Waals surface area (Å²) >= 11 is 0. The van der Waals surface area contributed by atoms with Gasteiger partial charge in [-0.25, -0.2) is 4.39 Å². The number of ether oxygens (including phenoxy) is 1. The molecule has 0 aromatic heterocycles. The van der Waals surface area contributed by atoms with Crippen LogP contribution >= 0.6 is 0 Å². The van der Waals surface area contributed by atoms with Crippen molar-refractivity contribution in [3.63, 3.8) is 0 Å². The van der Waals surface area contributed by atoms with E-state index in [1.807, 2.05) is 30.3 Å². The number of hydrogen-bond acceptors (Lipinski definition) is 3. The number of amides is 2. The molecule has 0 aliphatic carbocycles. The van der Waals surface area contributed by atoms with Crippen LogP contribution in [0, 0.1) is 5.82 Å². The van der Waals surface area contributed by atoms with Crippen molar-refractivity contribution < 1.29 is 18.7 Å². The van der Waals surface area contributed by atoms with Gasteiger partial charge in [0.2, 0.25) is 5.91 Å². The second kappa shape index (κ2) is 10.0. The normalized spacial score (nSPS) is 10.6. The van der Waals surface area contributed by atoms with Crippen molar-refractivity contribution in [2.24, 2.45) is 0 Å². The number of para-hydroxylation sites is 1. The number of carbonyl (C=O) groups excluding carboxylic acids is 2. The molecule has 0 heterocycles. The molecule has 2 N–H and O–H groups in total. The van der Waals surface area contributed by atoms with E-state index in [1.54, 1.807) is 30.3 Å². The first-order valence-corrected chi connectivity index (χ1v) is 9.30. The molecule has 0 radical (unpaired) electrons. The molecular formula is C24H21FN2O3. The Kier molecular flexibility index (Phi) is 6.95. The number of nitrogens with one attached hydrogen (secondary N) is 2. The highest BCUT2D eigenvalue weighted by Gasteiger charge is 2.12. The van der Waals surface area contributed by atoms with Crippen LogP contribution in [0.25, 0.3) is 6.08 Å². The minimum Gasteiger partial charge on any atom is -0.494 e. The van der Waals surface area contributed by atoms with E-state index in [9.17, 15) is 14.0 Å². The summed E-state index contributed by atoms with van der Waals surface area (Å²) in [5.74, 6) is -1.11. The minimum absolute atomic E-state index is 0.132. The quantitative estimate of drug-likeness (QED) is 0.573. The van der Waals surface area contributed by atoms with E-state index in [1.165, 1.54) is 31.4 Å². The lowest BCUT2D eigenvalue weighted by Crippen LogP contribution is -2.24. The summed E-state index contributed by atoms with van der Waals surface area (Å²) < 4.78 is 18.6. The first-order chi connectivity index (χ1) is 14.6. The van der Waals surface area contributed by atoms with Gasteiger partial charge < -0.3 is 15.4 Å². The van der Waals surface area contributed by atoms with Gasteiger partial charge in [0.15, 0.2) is 11.6 Å². The van der Waals surface area contributed by atoms with E-state index in [-0.39, 0.29) is 11.7 Å². The summed E-state index contributed by atoms with van der Waals surface area (Å²) in [4.78, 5) is 24.9. The molecule has 0 spiro atoms. The van der Waals surface area contributed by atoms with E-state index in [2.05, 4.69) is 10.6 Å². The molecule has 30 heavy (non-hydrogen) atoms. The number of rotatable bonds is 7. The summed E-state index contributed by atoms with van der Waals surface area (Å²) in [6.07, 6.45) is 2.76. The molecule has 2 amide bonds. The van der Waals surface area contributed by atoms with Crippen LogP contribution in [-0.4, -0.2) is 18.9 Å². The zero-order valence-corrected chi connectivity index (χ0v) is 16.4. The molecule has 152 valence electrons. The molecule has 0 aliphatic rings. The van der Waals surface area contributed by atoms with Gasteiger partial charge in [-0.2, -0.15) is 0 Å². The second-order valence-electron chi connectivity index (χ2n) is 6.43. The first kappa shape index (κ1) is 20.8. The van der Waals surface area contributed by atoms with Crippen molar-refractivity contribution >= 4 is 23.6 Å². The minimum atomic E-state index is -0.513. The maximum Gasteiger partial charge on any atom is 0.253 e. The molecule has 0 atom stereocenters. The summed E-state index contributed by atoms with van der Waals surface area (Å²) in [5, 5.41) is 5.53. The van der Waals surface area contributed by atoms with Gasteiger partial charge >= 0.3 is 0 Å². The van der Waals surface area contributed by atoms with Crippen LogP contribution < -0.4 is 15.4 Å². The molecule has 6 heteroatoms. The second-order valence-corrected chi connectivity index (χ2v) is 6.43. The molecule has 0 aliphatic heterocycles. The van der Waals surface area contributed by atoms with E-state index >= 15 is 0 Å². The van der Waals surface area contributed by atoms with Crippen LogP contribution in [0.2, 0.25) is 0 Å². The van der Waals surface area contributed by atoms with Crippen molar-refractivity contribution in [3.8, 4) is 5.75 Å². The summed E-state index contributed by atoms with van der Waals surface area (Å²) in [6.45, 7) is 0.380. The summed E-state index contributed by atoms with van der Waals surface area (Å²) in [6, 6.07) is 20.7. The molecular weight excluding hydrogens is 383 g/mol. The van der Waals surface area contributed by atoms with Crippen molar-refractivity contribution in [2.45, 2.75) is 6.54 Å². The van der Waals surface area contributed by atoms with Crippen molar-refractivity contribution in [3.05, 3.63) is 101 Å². The fraction of sp³-hybridized carbons (Fsp3) is 0.0833. The third-order valence-electron chi connectivity index (χ3n) is 4.33. The number of hydrogen-bond donors (Lipinski definition) is 2. The van der Waals surface area contributed by atoms with Crippen molar-refractivity contribution in [1.82, 2.24) is 5.32 Å². The summed E-state index contributed by atoms with van der Waals surface area (Å²) in [7, 11) is 1.38. The number of benzene rings is 3. The van der Waals surface area contributed by atoms with Gasteiger partial charge in [-0.05, 0) is 41.5 Å². The molecule has 0 unspecified atom stereocenters. The Balaban J connectivity index is 1.65. The van der Waals surface area contributed by atoms with Gasteiger partial charge in [0, 0.05) is 12.6 Å². The van der Waals surface area contributed by atoms with Gasteiger partial charge in [-0.1, -0.05) is 48.5 Å². The van der Waals surface area contributed by atoms with E-state index in [0.29, 0.717) is 23.4 Å². The first-order valence-electron chi connectivity index (χ1n) is 9.30. The number of halogens is 1. The lowest BCUT2D eigenvalue weighted by atomic mass is 10.1. The molecule has 3 rings (SSSR count). The molecule has 0 saturated carbocycles. The van der Waals surface area contributed by atoms with E-state index in [0.717, 1.165) is 5.56 Å². The molecule has 0 fully saturated rings. The molecule has 5 nitrogen and oxygen atoms in total. The molecule has 3 aromatic carbocycles. The van der Waals surface area contributed by atoms with Crippen LogP contribution in [0.15, 0.2) is 78.9 Å². The van der Waals surface area contributed by atoms with Crippen LogP contribution in [0.4, 0.5) is 10.1 Å². The average molecular weight is 404 g/mol. The highest BCUT2D eigenvalue weighted by molar-refractivity contribution is 6.07. The Labute approximate surface area is 174 Å². The summed E-state index contributed by atoms with van der Waals surface area (Å²) in [5.41, 5.74) is 2.23. The lowest BCUT2D eigenvalue weighted by Gasteiger charge is -2.10. The SMILES string of the molecule is COc1ccc(/C=C/C(=O)Nc2ccccc2C(=O)NCc2ccccc2)cc1F. The maximum absolute atomic E-state index is 13.8. The topological polar surface area (TPSA) is 67.4 Å². The van der Waals surface area contributed by atoms with Crippen LogP contribution in [0.5, 0.6) is 5.75 Å². The van der Waals surface area contributed by atoms with Crippen molar-refractivity contribution in [1.29, 1.82) is 0 Å². The van der Waals surface area contributed by atoms with Crippen LogP contribution in [0.1, 0.15) is 21.5 Å². The maximum atomic E-state index is 13.8. The van der Waals surface area contributed by atoms with E-state index < -0.39 is 11.7 Å². The zero-order valence-electron chi connectivity index (χ0n) is 16.4. The predicted molar refractivity (Wildman–Crippen MR) is 115 cm³/mol. The van der Waals surface area contributed by atoms with Gasteiger partial charge in [0.1, 0.15) is 0 Å². The smallest absolute Gasteiger partial charge is 0.253 e. The number of methoxy groups -OCH3 is 1. The zero-order chi connectivity index (χ0) is 21.3.